The molecule has 0 spiro atoms. The topological polar surface area (TPSA) is 29.9 Å². The van der Waals surface area contributed by atoms with Crippen molar-refractivity contribution in [3.8, 4) is 0 Å². The number of imidazole rings is 1. The molecule has 0 aliphatic heterocycles. The van der Waals surface area contributed by atoms with Gasteiger partial charge in [-0.1, -0.05) is 34.8 Å². The highest BCUT2D eigenvalue weighted by Crippen LogP contribution is 2.31. The number of halogens is 3. The van der Waals surface area contributed by atoms with E-state index in [9.17, 15) is 0 Å². The zero-order valence-electron chi connectivity index (χ0n) is 10.2. The Balaban J connectivity index is 1.78. The van der Waals surface area contributed by atoms with Crippen molar-refractivity contribution in [2.45, 2.75) is 19.5 Å². The second-order valence-corrected chi connectivity index (χ2v) is 5.34. The van der Waals surface area contributed by atoms with Crippen LogP contribution in [0, 0.1) is 0 Å². The molecule has 1 N–H and O–H groups in total. The molecule has 102 valence electrons. The number of aromatic nitrogens is 2. The number of benzene rings is 1. The fourth-order valence-corrected chi connectivity index (χ4v) is 2.43. The Morgan fingerprint density at radius 3 is 2.68 bits per heavy atom. The van der Waals surface area contributed by atoms with Gasteiger partial charge in [0.2, 0.25) is 0 Å². The summed E-state index contributed by atoms with van der Waals surface area (Å²) in [5.74, 6) is 0. The molecule has 0 saturated carbocycles. The monoisotopic (exact) mass is 317 g/mol. The van der Waals surface area contributed by atoms with E-state index >= 15 is 0 Å². The van der Waals surface area contributed by atoms with Gasteiger partial charge in [-0.25, -0.2) is 4.98 Å². The van der Waals surface area contributed by atoms with Crippen LogP contribution in [0.1, 0.15) is 12.0 Å². The van der Waals surface area contributed by atoms with E-state index in [1.165, 1.54) is 0 Å². The van der Waals surface area contributed by atoms with E-state index in [2.05, 4.69) is 10.3 Å². The average molecular weight is 319 g/mol. The van der Waals surface area contributed by atoms with Gasteiger partial charge in [-0.15, -0.1) is 0 Å². The minimum atomic E-state index is 0.524. The lowest BCUT2D eigenvalue weighted by atomic mass is 10.2. The first kappa shape index (κ1) is 14.7. The van der Waals surface area contributed by atoms with Crippen molar-refractivity contribution in [3.63, 3.8) is 0 Å². The van der Waals surface area contributed by atoms with Crippen molar-refractivity contribution >= 4 is 34.8 Å². The SMILES string of the molecule is Clc1ccc(Cl)c(CNCCCn2ccnc2)c1Cl. The van der Waals surface area contributed by atoms with Gasteiger partial charge in [-0.3, -0.25) is 0 Å². The zero-order valence-corrected chi connectivity index (χ0v) is 12.5. The quantitative estimate of drug-likeness (QED) is 0.644. The Labute approximate surface area is 127 Å². The summed E-state index contributed by atoms with van der Waals surface area (Å²) in [6, 6.07) is 3.47. The minimum absolute atomic E-state index is 0.524. The lowest BCUT2D eigenvalue weighted by Gasteiger charge is -2.10. The first-order valence-electron chi connectivity index (χ1n) is 5.97. The maximum atomic E-state index is 6.12. The lowest BCUT2D eigenvalue weighted by Crippen LogP contribution is -2.16. The summed E-state index contributed by atoms with van der Waals surface area (Å²) in [6.07, 6.45) is 6.54. The third kappa shape index (κ3) is 4.11. The van der Waals surface area contributed by atoms with E-state index in [1.54, 1.807) is 18.3 Å². The molecule has 0 fully saturated rings. The maximum absolute atomic E-state index is 6.12. The Morgan fingerprint density at radius 1 is 1.16 bits per heavy atom. The number of hydrogen-bond acceptors (Lipinski definition) is 2. The molecule has 0 aliphatic carbocycles. The van der Waals surface area contributed by atoms with Crippen molar-refractivity contribution < 1.29 is 0 Å². The lowest BCUT2D eigenvalue weighted by molar-refractivity contribution is 0.581. The summed E-state index contributed by atoms with van der Waals surface area (Å²) in [7, 11) is 0. The highest BCUT2D eigenvalue weighted by atomic mass is 35.5. The molecular formula is C13H14Cl3N3. The normalized spacial score (nSPS) is 10.9. The molecule has 0 aliphatic rings. The fraction of sp³-hybridized carbons (Fsp3) is 0.308. The predicted molar refractivity (Wildman–Crippen MR) is 80.0 cm³/mol. The molecular weight excluding hydrogens is 305 g/mol. The molecule has 1 heterocycles. The molecule has 1 aromatic carbocycles. The minimum Gasteiger partial charge on any atom is -0.337 e. The smallest absolute Gasteiger partial charge is 0.0945 e. The van der Waals surface area contributed by atoms with Crippen LogP contribution in [-0.2, 0) is 13.1 Å². The summed E-state index contributed by atoms with van der Waals surface area (Å²) >= 11 is 18.2. The molecule has 2 aromatic rings. The predicted octanol–water partition coefficient (Wildman–Crippen LogP) is 4.02. The summed E-state index contributed by atoms with van der Waals surface area (Å²) in [5, 5.41) is 5.00. The van der Waals surface area contributed by atoms with Crippen LogP contribution in [0.3, 0.4) is 0 Å². The number of hydrogen-bond donors (Lipinski definition) is 1. The molecule has 0 unspecified atom stereocenters. The second-order valence-electron chi connectivity index (χ2n) is 4.15. The molecule has 2 rings (SSSR count). The molecule has 0 bridgehead atoms. The largest absolute Gasteiger partial charge is 0.337 e. The summed E-state index contributed by atoms with van der Waals surface area (Å²) in [4.78, 5) is 3.99. The number of rotatable bonds is 6. The Kier molecular flexibility index (Phi) is 5.52. The summed E-state index contributed by atoms with van der Waals surface area (Å²) in [5.41, 5.74) is 0.846. The molecule has 19 heavy (non-hydrogen) atoms. The molecule has 0 atom stereocenters. The summed E-state index contributed by atoms with van der Waals surface area (Å²) in [6.45, 7) is 2.42. The average Bonchev–Trinajstić information content (AvgIpc) is 2.90. The maximum Gasteiger partial charge on any atom is 0.0945 e. The van der Waals surface area contributed by atoms with Crippen molar-refractivity contribution in [2.75, 3.05) is 6.54 Å². The molecule has 0 radical (unpaired) electrons. The van der Waals surface area contributed by atoms with Crippen LogP contribution in [0.2, 0.25) is 15.1 Å². The molecule has 3 nitrogen and oxygen atoms in total. The Hall–Kier alpha value is -0.740. The second kappa shape index (κ2) is 7.15. The van der Waals surface area contributed by atoms with Gasteiger partial charge in [0.1, 0.15) is 0 Å². The van der Waals surface area contributed by atoms with Crippen LogP contribution in [-0.4, -0.2) is 16.1 Å². The van der Waals surface area contributed by atoms with Crippen molar-refractivity contribution in [2.24, 2.45) is 0 Å². The van der Waals surface area contributed by atoms with Crippen molar-refractivity contribution in [3.05, 3.63) is 51.5 Å². The van der Waals surface area contributed by atoms with Crippen LogP contribution in [0.4, 0.5) is 0 Å². The van der Waals surface area contributed by atoms with Gasteiger partial charge in [0.05, 0.1) is 16.4 Å². The number of nitrogens with one attached hydrogen (secondary N) is 1. The van der Waals surface area contributed by atoms with E-state index in [-0.39, 0.29) is 0 Å². The standard InChI is InChI=1S/C13H14Cl3N3/c14-11-2-3-12(15)13(16)10(11)8-17-4-1-6-19-7-5-18-9-19/h2-3,5,7,9,17H,1,4,6,8H2. The highest BCUT2D eigenvalue weighted by molar-refractivity contribution is 6.44. The van der Waals surface area contributed by atoms with E-state index < -0.39 is 0 Å². The van der Waals surface area contributed by atoms with E-state index in [4.69, 9.17) is 34.8 Å². The van der Waals surface area contributed by atoms with Gasteiger partial charge in [-0.05, 0) is 25.1 Å². The highest BCUT2D eigenvalue weighted by Gasteiger charge is 2.08. The van der Waals surface area contributed by atoms with Crippen LogP contribution in [0.25, 0.3) is 0 Å². The Morgan fingerprint density at radius 2 is 1.95 bits per heavy atom. The van der Waals surface area contributed by atoms with Gasteiger partial charge in [0.25, 0.3) is 0 Å². The van der Waals surface area contributed by atoms with E-state index in [0.717, 1.165) is 25.1 Å². The third-order valence-electron chi connectivity index (χ3n) is 2.77. The van der Waals surface area contributed by atoms with Gasteiger partial charge < -0.3 is 9.88 Å². The molecule has 0 amide bonds. The number of nitrogens with zero attached hydrogens (tertiary/aromatic N) is 2. The van der Waals surface area contributed by atoms with Crippen molar-refractivity contribution in [1.82, 2.24) is 14.9 Å². The van der Waals surface area contributed by atoms with Crippen LogP contribution < -0.4 is 5.32 Å². The number of aryl methyl sites for hydroxylation is 1. The summed E-state index contributed by atoms with van der Waals surface area (Å²) < 4.78 is 2.04. The van der Waals surface area contributed by atoms with Gasteiger partial charge >= 0.3 is 0 Å². The zero-order chi connectivity index (χ0) is 13.7. The van der Waals surface area contributed by atoms with E-state index in [1.807, 2.05) is 17.1 Å². The van der Waals surface area contributed by atoms with Gasteiger partial charge in [0, 0.05) is 36.1 Å². The first-order valence-corrected chi connectivity index (χ1v) is 7.10. The van der Waals surface area contributed by atoms with Gasteiger partial charge in [0.15, 0.2) is 0 Å². The van der Waals surface area contributed by atoms with Crippen LogP contribution in [0.15, 0.2) is 30.9 Å². The Bertz CT molecular complexity index is 526. The van der Waals surface area contributed by atoms with Gasteiger partial charge in [-0.2, -0.15) is 0 Å². The molecule has 6 heteroatoms. The van der Waals surface area contributed by atoms with Crippen LogP contribution in [0.5, 0.6) is 0 Å². The molecule has 0 saturated heterocycles. The third-order valence-corrected chi connectivity index (χ3v) is 3.97. The van der Waals surface area contributed by atoms with Crippen molar-refractivity contribution in [1.29, 1.82) is 0 Å². The first-order chi connectivity index (χ1) is 9.18. The molecule has 1 aromatic heterocycles. The van der Waals surface area contributed by atoms with E-state index in [0.29, 0.717) is 21.6 Å². The van der Waals surface area contributed by atoms with Crippen LogP contribution >= 0.6 is 34.8 Å². The fourth-order valence-electron chi connectivity index (χ4n) is 1.75.